The smallest absolute Gasteiger partial charge is 0.243 e. The third-order valence-electron chi connectivity index (χ3n) is 5.04. The molecule has 0 aliphatic carbocycles. The maximum Gasteiger partial charge on any atom is 0.243 e. The summed E-state index contributed by atoms with van der Waals surface area (Å²) in [6.07, 6.45) is 4.47. The molecule has 1 amide bonds. The molecule has 1 atom stereocenters. The number of para-hydroxylation sites is 1. The van der Waals surface area contributed by atoms with Gasteiger partial charge in [-0.15, -0.1) is 11.8 Å². The summed E-state index contributed by atoms with van der Waals surface area (Å²) in [7, 11) is -2.13. The predicted octanol–water partition coefficient (Wildman–Crippen LogP) is 3.99. The maximum atomic E-state index is 13.2. The molecule has 3 rings (SSSR count). The zero-order valence-electron chi connectivity index (χ0n) is 16.6. The molecule has 2 aromatic carbocycles. The van der Waals surface area contributed by atoms with Crippen LogP contribution in [0, 0.1) is 0 Å². The molecule has 1 aliphatic rings. The van der Waals surface area contributed by atoms with Crippen LogP contribution in [0.2, 0.25) is 0 Å². The van der Waals surface area contributed by atoms with Crippen LogP contribution in [-0.4, -0.2) is 44.6 Å². The molecule has 0 aromatic heterocycles. The number of methoxy groups -OCH3 is 1. The van der Waals surface area contributed by atoms with Crippen LogP contribution in [0.15, 0.2) is 58.3 Å². The van der Waals surface area contributed by atoms with Crippen LogP contribution in [0.5, 0.6) is 5.75 Å². The summed E-state index contributed by atoms with van der Waals surface area (Å²) in [6, 6.07) is 13.6. The molecule has 1 saturated heterocycles. The van der Waals surface area contributed by atoms with Crippen molar-refractivity contribution < 1.29 is 17.9 Å². The van der Waals surface area contributed by atoms with E-state index in [9.17, 15) is 13.2 Å². The summed E-state index contributed by atoms with van der Waals surface area (Å²) < 4.78 is 33.0. The second-order valence-corrected chi connectivity index (χ2v) is 9.63. The number of piperidine rings is 1. The SMILES string of the molecule is COc1ccc(S(=O)(=O)N2CCCC[C@@H]2CC(=O)Nc2ccccc2SC)cc1. The summed E-state index contributed by atoms with van der Waals surface area (Å²) in [5, 5.41) is 2.94. The van der Waals surface area contributed by atoms with E-state index in [1.165, 1.54) is 11.4 Å². The van der Waals surface area contributed by atoms with Gasteiger partial charge in [0.2, 0.25) is 15.9 Å². The first-order valence-electron chi connectivity index (χ1n) is 9.54. The van der Waals surface area contributed by atoms with Crippen molar-refractivity contribution in [2.45, 2.75) is 41.5 Å². The molecule has 8 heteroatoms. The summed E-state index contributed by atoms with van der Waals surface area (Å²) in [4.78, 5) is 13.9. The lowest BCUT2D eigenvalue weighted by Gasteiger charge is -2.34. The number of benzene rings is 2. The number of nitrogens with zero attached hydrogens (tertiary/aromatic N) is 1. The lowest BCUT2D eigenvalue weighted by Crippen LogP contribution is -2.45. The molecular weight excluding hydrogens is 408 g/mol. The van der Waals surface area contributed by atoms with Gasteiger partial charge < -0.3 is 10.1 Å². The fourth-order valence-corrected chi connectivity index (χ4v) is 5.79. The average molecular weight is 435 g/mol. The lowest BCUT2D eigenvalue weighted by molar-refractivity contribution is -0.117. The Balaban J connectivity index is 1.75. The van der Waals surface area contributed by atoms with Crippen LogP contribution in [0.1, 0.15) is 25.7 Å². The van der Waals surface area contributed by atoms with Crippen LogP contribution >= 0.6 is 11.8 Å². The van der Waals surface area contributed by atoms with Gasteiger partial charge in [0.1, 0.15) is 5.75 Å². The summed E-state index contributed by atoms with van der Waals surface area (Å²) >= 11 is 1.56. The molecule has 0 radical (unpaired) electrons. The van der Waals surface area contributed by atoms with Crippen molar-refractivity contribution in [1.82, 2.24) is 4.31 Å². The Morgan fingerprint density at radius 2 is 1.90 bits per heavy atom. The van der Waals surface area contributed by atoms with Gasteiger partial charge in [0.15, 0.2) is 0 Å². The van der Waals surface area contributed by atoms with E-state index in [0.717, 1.165) is 23.4 Å². The van der Waals surface area contributed by atoms with Gasteiger partial charge in [-0.05, 0) is 55.5 Å². The molecule has 0 saturated carbocycles. The highest BCUT2D eigenvalue weighted by Gasteiger charge is 2.34. The van der Waals surface area contributed by atoms with Gasteiger partial charge in [-0.3, -0.25) is 4.79 Å². The Kier molecular flexibility index (Phi) is 7.21. The number of hydrogen-bond donors (Lipinski definition) is 1. The van der Waals surface area contributed by atoms with E-state index in [-0.39, 0.29) is 23.3 Å². The van der Waals surface area contributed by atoms with Crippen molar-refractivity contribution in [3.8, 4) is 5.75 Å². The minimum absolute atomic E-state index is 0.137. The minimum atomic E-state index is -3.67. The highest BCUT2D eigenvalue weighted by atomic mass is 32.2. The van der Waals surface area contributed by atoms with Crippen LogP contribution in [-0.2, 0) is 14.8 Å². The number of amides is 1. The Labute approximate surface area is 176 Å². The third-order valence-corrected chi connectivity index (χ3v) is 7.80. The number of anilines is 1. The minimum Gasteiger partial charge on any atom is -0.497 e. The van der Waals surface area contributed by atoms with Crippen molar-refractivity contribution in [3.63, 3.8) is 0 Å². The van der Waals surface area contributed by atoms with Crippen LogP contribution in [0.25, 0.3) is 0 Å². The zero-order chi connectivity index (χ0) is 20.9. The molecule has 1 N–H and O–H groups in total. The highest BCUT2D eigenvalue weighted by molar-refractivity contribution is 7.98. The predicted molar refractivity (Wildman–Crippen MR) is 116 cm³/mol. The largest absolute Gasteiger partial charge is 0.497 e. The van der Waals surface area contributed by atoms with E-state index in [4.69, 9.17) is 4.74 Å². The van der Waals surface area contributed by atoms with Crippen molar-refractivity contribution in [2.75, 3.05) is 25.2 Å². The number of rotatable bonds is 7. The fourth-order valence-electron chi connectivity index (χ4n) is 3.54. The van der Waals surface area contributed by atoms with Crippen molar-refractivity contribution in [2.24, 2.45) is 0 Å². The number of ether oxygens (including phenoxy) is 1. The summed E-state index contributed by atoms with van der Waals surface area (Å²) in [6.45, 7) is 0.424. The highest BCUT2D eigenvalue weighted by Crippen LogP contribution is 2.29. The maximum absolute atomic E-state index is 13.2. The van der Waals surface area contributed by atoms with Gasteiger partial charge in [-0.1, -0.05) is 18.6 Å². The number of sulfonamides is 1. The lowest BCUT2D eigenvalue weighted by atomic mass is 10.0. The molecule has 0 bridgehead atoms. The molecule has 156 valence electrons. The monoisotopic (exact) mass is 434 g/mol. The number of carbonyl (C=O) groups is 1. The van der Waals surface area contributed by atoms with E-state index in [2.05, 4.69) is 5.32 Å². The standard InChI is InChI=1S/C21H26N2O4S2/c1-27-17-10-12-18(13-11-17)29(25,26)23-14-6-5-7-16(23)15-21(24)22-19-8-3-4-9-20(19)28-2/h3-4,8-13,16H,5-7,14-15H2,1-2H3,(H,22,24)/t16-/m1/s1. The third kappa shape index (κ3) is 5.12. The molecule has 1 heterocycles. The van der Waals surface area contributed by atoms with E-state index in [0.29, 0.717) is 18.7 Å². The Hall–Kier alpha value is -2.03. The topological polar surface area (TPSA) is 75.7 Å². The first-order valence-corrected chi connectivity index (χ1v) is 12.2. The average Bonchev–Trinajstić information content (AvgIpc) is 2.74. The first kappa shape index (κ1) is 21.7. The molecule has 1 aliphatic heterocycles. The van der Waals surface area contributed by atoms with Gasteiger partial charge in [0.25, 0.3) is 0 Å². The quantitative estimate of drug-likeness (QED) is 0.667. The normalized spacial score (nSPS) is 17.7. The second kappa shape index (κ2) is 9.65. The van der Waals surface area contributed by atoms with Crippen LogP contribution in [0.3, 0.4) is 0 Å². The van der Waals surface area contributed by atoms with Crippen molar-refractivity contribution >= 4 is 33.4 Å². The molecule has 29 heavy (non-hydrogen) atoms. The number of thioether (sulfide) groups is 1. The molecule has 0 spiro atoms. The number of carbonyl (C=O) groups excluding carboxylic acids is 1. The van der Waals surface area contributed by atoms with E-state index in [1.807, 2.05) is 30.5 Å². The summed E-state index contributed by atoms with van der Waals surface area (Å²) in [5.74, 6) is 0.430. The molecule has 0 unspecified atom stereocenters. The number of hydrogen-bond acceptors (Lipinski definition) is 5. The van der Waals surface area contributed by atoms with Crippen LogP contribution < -0.4 is 10.1 Å². The number of nitrogens with one attached hydrogen (secondary N) is 1. The second-order valence-electron chi connectivity index (χ2n) is 6.89. The Morgan fingerprint density at radius 3 is 2.59 bits per heavy atom. The zero-order valence-corrected chi connectivity index (χ0v) is 18.3. The first-order chi connectivity index (χ1) is 14.0. The molecule has 2 aromatic rings. The van der Waals surface area contributed by atoms with E-state index < -0.39 is 10.0 Å². The van der Waals surface area contributed by atoms with Gasteiger partial charge >= 0.3 is 0 Å². The van der Waals surface area contributed by atoms with Gasteiger partial charge in [-0.2, -0.15) is 4.31 Å². The molecule has 1 fully saturated rings. The van der Waals surface area contributed by atoms with E-state index in [1.54, 1.807) is 36.0 Å². The van der Waals surface area contributed by atoms with Crippen molar-refractivity contribution in [1.29, 1.82) is 0 Å². The van der Waals surface area contributed by atoms with Gasteiger partial charge in [0, 0.05) is 23.9 Å². The summed E-state index contributed by atoms with van der Waals surface area (Å²) in [5.41, 5.74) is 0.755. The molecular formula is C21H26N2O4S2. The van der Waals surface area contributed by atoms with Crippen LogP contribution in [0.4, 0.5) is 5.69 Å². The van der Waals surface area contributed by atoms with Gasteiger partial charge in [-0.25, -0.2) is 8.42 Å². The molecule has 6 nitrogen and oxygen atoms in total. The fraction of sp³-hybridized carbons (Fsp3) is 0.381. The van der Waals surface area contributed by atoms with E-state index >= 15 is 0 Å². The van der Waals surface area contributed by atoms with Crippen molar-refractivity contribution in [3.05, 3.63) is 48.5 Å². The Bertz CT molecular complexity index is 945. The van der Waals surface area contributed by atoms with Gasteiger partial charge in [0.05, 0.1) is 17.7 Å². The Morgan fingerprint density at radius 1 is 1.17 bits per heavy atom.